The largest absolute Gasteiger partial charge is 0.312 e. The number of anilines is 2. The lowest BCUT2D eigenvalue weighted by molar-refractivity contribution is -0.117. The van der Waals surface area contributed by atoms with Gasteiger partial charge in [0.05, 0.1) is 17.1 Å². The summed E-state index contributed by atoms with van der Waals surface area (Å²) < 4.78 is 1.75. The second-order valence-electron chi connectivity index (χ2n) is 6.38. The minimum atomic E-state index is -0.162. The second-order valence-corrected chi connectivity index (χ2v) is 6.38. The lowest BCUT2D eigenvalue weighted by Crippen LogP contribution is -2.47. The molecular formula is C18H20N4O2. The Hall–Kier alpha value is -2.63. The number of aryl methyl sites for hydroxylation is 1. The number of amides is 2. The predicted molar refractivity (Wildman–Crippen MR) is 91.4 cm³/mol. The van der Waals surface area contributed by atoms with Crippen molar-refractivity contribution in [3.63, 3.8) is 0 Å². The molecule has 6 nitrogen and oxygen atoms in total. The zero-order chi connectivity index (χ0) is 16.8. The van der Waals surface area contributed by atoms with Gasteiger partial charge in [-0.1, -0.05) is 12.1 Å². The molecule has 1 saturated carbocycles. The second kappa shape index (κ2) is 5.47. The minimum absolute atomic E-state index is 0.0556. The molecule has 0 N–H and O–H groups in total. The zero-order valence-electron chi connectivity index (χ0n) is 13.9. The maximum absolute atomic E-state index is 13.1. The topological polar surface area (TPSA) is 58.4 Å². The number of hydrogen-bond acceptors (Lipinski definition) is 3. The Bertz CT molecular complexity index is 822. The number of fused-ring (bicyclic) bond motifs is 1. The van der Waals surface area contributed by atoms with Crippen molar-refractivity contribution in [1.29, 1.82) is 0 Å². The Kier molecular flexibility index (Phi) is 3.40. The average Bonchev–Trinajstić information content (AvgIpc) is 3.36. The van der Waals surface area contributed by atoms with Crippen molar-refractivity contribution in [1.82, 2.24) is 9.78 Å². The quantitative estimate of drug-likeness (QED) is 0.871. The fraction of sp³-hybridized carbons (Fsp3) is 0.389. The van der Waals surface area contributed by atoms with Gasteiger partial charge in [-0.25, -0.2) is 0 Å². The van der Waals surface area contributed by atoms with Crippen LogP contribution < -0.4 is 9.80 Å². The van der Waals surface area contributed by atoms with Gasteiger partial charge in [-0.15, -0.1) is 0 Å². The van der Waals surface area contributed by atoms with Crippen molar-refractivity contribution < 1.29 is 9.59 Å². The normalized spacial score (nSPS) is 17.2. The fourth-order valence-electron chi connectivity index (χ4n) is 3.18. The van der Waals surface area contributed by atoms with Crippen molar-refractivity contribution in [2.24, 2.45) is 0 Å². The number of nitrogens with zero attached hydrogens (tertiary/aromatic N) is 4. The number of benzene rings is 1. The van der Waals surface area contributed by atoms with Crippen LogP contribution in [0.4, 0.5) is 11.4 Å². The molecular weight excluding hydrogens is 304 g/mol. The SMILES string of the molecule is CCn1nc(C2CC2)cc1C(=O)N1CC(=O)N(C)c2ccccc21. The summed E-state index contributed by atoms with van der Waals surface area (Å²) >= 11 is 0. The number of carbonyl (C=O) groups is 2. The Labute approximate surface area is 140 Å². The first-order valence-corrected chi connectivity index (χ1v) is 8.35. The van der Waals surface area contributed by atoms with E-state index >= 15 is 0 Å². The summed E-state index contributed by atoms with van der Waals surface area (Å²) in [5.41, 5.74) is 3.08. The van der Waals surface area contributed by atoms with Crippen LogP contribution in [0.5, 0.6) is 0 Å². The number of para-hydroxylation sites is 2. The van der Waals surface area contributed by atoms with Crippen LogP contribution in [-0.4, -0.2) is 35.2 Å². The molecule has 0 saturated heterocycles. The molecule has 1 aromatic carbocycles. The number of likely N-dealkylation sites (N-methyl/N-ethyl adjacent to an activating group) is 1. The maximum Gasteiger partial charge on any atom is 0.277 e. The Morgan fingerprint density at radius 2 is 1.96 bits per heavy atom. The van der Waals surface area contributed by atoms with E-state index in [1.807, 2.05) is 37.3 Å². The Balaban J connectivity index is 1.75. The van der Waals surface area contributed by atoms with Gasteiger partial charge in [-0.05, 0) is 38.0 Å². The van der Waals surface area contributed by atoms with Gasteiger partial charge in [-0.3, -0.25) is 19.2 Å². The van der Waals surface area contributed by atoms with Crippen molar-refractivity contribution in [2.75, 3.05) is 23.4 Å². The highest BCUT2D eigenvalue weighted by Crippen LogP contribution is 2.40. The van der Waals surface area contributed by atoms with Gasteiger partial charge in [0.25, 0.3) is 5.91 Å². The minimum Gasteiger partial charge on any atom is -0.312 e. The third-order valence-electron chi connectivity index (χ3n) is 4.76. The smallest absolute Gasteiger partial charge is 0.277 e. The van der Waals surface area contributed by atoms with E-state index < -0.39 is 0 Å². The van der Waals surface area contributed by atoms with Gasteiger partial charge >= 0.3 is 0 Å². The van der Waals surface area contributed by atoms with E-state index in [4.69, 9.17) is 0 Å². The molecule has 124 valence electrons. The molecule has 24 heavy (non-hydrogen) atoms. The monoisotopic (exact) mass is 324 g/mol. The van der Waals surface area contributed by atoms with Gasteiger partial charge < -0.3 is 4.90 Å². The third kappa shape index (κ3) is 2.29. The number of carbonyl (C=O) groups excluding carboxylic acids is 2. The van der Waals surface area contributed by atoms with E-state index in [-0.39, 0.29) is 18.4 Å². The van der Waals surface area contributed by atoms with Crippen LogP contribution in [0.25, 0.3) is 0 Å². The summed E-state index contributed by atoms with van der Waals surface area (Å²) in [5.74, 6) is 0.239. The van der Waals surface area contributed by atoms with Crippen LogP contribution in [0, 0.1) is 0 Å². The van der Waals surface area contributed by atoms with Crippen LogP contribution in [0.1, 0.15) is 41.9 Å². The van der Waals surface area contributed by atoms with Gasteiger partial charge in [0, 0.05) is 19.5 Å². The molecule has 4 rings (SSSR count). The van der Waals surface area contributed by atoms with Gasteiger partial charge in [0.1, 0.15) is 12.2 Å². The number of hydrogen-bond donors (Lipinski definition) is 0. The highest BCUT2D eigenvalue weighted by atomic mass is 16.2. The summed E-state index contributed by atoms with van der Waals surface area (Å²) in [4.78, 5) is 28.6. The molecule has 0 unspecified atom stereocenters. The van der Waals surface area contributed by atoms with Crippen LogP contribution in [0.15, 0.2) is 30.3 Å². The van der Waals surface area contributed by atoms with Crippen LogP contribution in [0.2, 0.25) is 0 Å². The Morgan fingerprint density at radius 1 is 1.25 bits per heavy atom. The van der Waals surface area contributed by atoms with Crippen LogP contribution in [0.3, 0.4) is 0 Å². The Morgan fingerprint density at radius 3 is 2.62 bits per heavy atom. The van der Waals surface area contributed by atoms with E-state index in [2.05, 4.69) is 5.10 Å². The molecule has 0 bridgehead atoms. The fourth-order valence-corrected chi connectivity index (χ4v) is 3.18. The number of aromatic nitrogens is 2. The van der Waals surface area contributed by atoms with Gasteiger partial charge in [0.2, 0.25) is 5.91 Å². The van der Waals surface area contributed by atoms with E-state index in [1.165, 1.54) is 0 Å². The molecule has 0 atom stereocenters. The van der Waals surface area contributed by atoms with E-state index in [0.717, 1.165) is 29.9 Å². The van der Waals surface area contributed by atoms with E-state index in [1.54, 1.807) is 21.5 Å². The summed E-state index contributed by atoms with van der Waals surface area (Å²) in [6.45, 7) is 2.67. The molecule has 2 aliphatic rings. The highest BCUT2D eigenvalue weighted by molar-refractivity contribution is 6.15. The van der Waals surface area contributed by atoms with E-state index in [9.17, 15) is 9.59 Å². The summed E-state index contributed by atoms with van der Waals surface area (Å²) in [6.07, 6.45) is 2.29. The molecule has 1 aromatic heterocycles. The van der Waals surface area contributed by atoms with Crippen LogP contribution in [-0.2, 0) is 11.3 Å². The third-order valence-corrected chi connectivity index (χ3v) is 4.76. The van der Waals surface area contributed by atoms with Gasteiger partial charge in [0.15, 0.2) is 0 Å². The molecule has 1 aliphatic heterocycles. The van der Waals surface area contributed by atoms with Crippen molar-refractivity contribution >= 4 is 23.2 Å². The molecule has 0 radical (unpaired) electrons. The molecule has 0 spiro atoms. The highest BCUT2D eigenvalue weighted by Gasteiger charge is 2.34. The molecule has 1 fully saturated rings. The lowest BCUT2D eigenvalue weighted by Gasteiger charge is -2.34. The summed E-state index contributed by atoms with van der Waals surface area (Å²) in [7, 11) is 1.74. The molecule has 6 heteroatoms. The maximum atomic E-state index is 13.1. The van der Waals surface area contributed by atoms with Gasteiger partial charge in [-0.2, -0.15) is 5.10 Å². The lowest BCUT2D eigenvalue weighted by atomic mass is 10.1. The first kappa shape index (κ1) is 14.9. The zero-order valence-corrected chi connectivity index (χ0v) is 13.9. The predicted octanol–water partition coefficient (Wildman–Crippen LogP) is 2.40. The van der Waals surface area contributed by atoms with Crippen molar-refractivity contribution in [3.05, 3.63) is 41.7 Å². The molecule has 2 amide bonds. The molecule has 1 aliphatic carbocycles. The first-order chi connectivity index (χ1) is 11.6. The number of rotatable bonds is 3. The van der Waals surface area contributed by atoms with Crippen molar-refractivity contribution in [3.8, 4) is 0 Å². The summed E-state index contributed by atoms with van der Waals surface area (Å²) in [6, 6.07) is 9.40. The van der Waals surface area contributed by atoms with Crippen LogP contribution >= 0.6 is 0 Å². The first-order valence-electron chi connectivity index (χ1n) is 8.35. The molecule has 2 aromatic rings. The average molecular weight is 324 g/mol. The van der Waals surface area contributed by atoms with E-state index in [0.29, 0.717) is 18.2 Å². The standard InChI is InChI=1S/C18H20N4O2/c1-3-22-16(10-13(19-22)12-8-9-12)18(24)21-11-17(23)20(2)14-6-4-5-7-15(14)21/h4-7,10,12H,3,8-9,11H2,1-2H3. The van der Waals surface area contributed by atoms with Crippen molar-refractivity contribution in [2.45, 2.75) is 32.2 Å². The summed E-state index contributed by atoms with van der Waals surface area (Å²) in [5, 5.41) is 4.57. The molecule has 2 heterocycles.